The second-order valence-electron chi connectivity index (χ2n) is 6.10. The van der Waals surface area contributed by atoms with Crippen LogP contribution in [0.3, 0.4) is 0 Å². The van der Waals surface area contributed by atoms with Gasteiger partial charge in [0.05, 0.1) is 0 Å². The standard InChI is InChI=1S/C16H16F3N7/c17-16(18,19)15-22-21-13-1-2-14(23-26(13)15)25-9-7-24(8-10-25)11-12-3-5-20-6-4-12/h1-6H,7-11H2. The van der Waals surface area contributed by atoms with Gasteiger partial charge < -0.3 is 4.90 Å². The SMILES string of the molecule is FC(F)(F)c1nnc2ccc(N3CCN(Cc4ccncc4)CC3)nn12. The molecule has 1 fully saturated rings. The van der Waals surface area contributed by atoms with E-state index in [0.29, 0.717) is 18.9 Å². The van der Waals surface area contributed by atoms with Crippen LogP contribution in [0.2, 0.25) is 0 Å². The van der Waals surface area contributed by atoms with E-state index in [1.165, 1.54) is 11.6 Å². The number of alkyl halides is 3. The first kappa shape index (κ1) is 16.7. The molecule has 0 unspecified atom stereocenters. The number of pyridine rings is 1. The van der Waals surface area contributed by atoms with Gasteiger partial charge in [-0.05, 0) is 29.8 Å². The molecule has 3 aromatic rings. The number of halogens is 3. The summed E-state index contributed by atoms with van der Waals surface area (Å²) in [4.78, 5) is 8.28. The van der Waals surface area contributed by atoms with Gasteiger partial charge in [-0.3, -0.25) is 9.88 Å². The van der Waals surface area contributed by atoms with E-state index in [9.17, 15) is 13.2 Å². The van der Waals surface area contributed by atoms with Crippen molar-refractivity contribution in [2.45, 2.75) is 12.7 Å². The Labute approximate surface area is 147 Å². The Kier molecular flexibility index (Phi) is 4.19. The quantitative estimate of drug-likeness (QED) is 0.708. The lowest BCUT2D eigenvalue weighted by molar-refractivity contribution is -0.146. The molecule has 4 rings (SSSR count). The zero-order valence-electron chi connectivity index (χ0n) is 13.8. The first-order chi connectivity index (χ1) is 12.5. The largest absolute Gasteiger partial charge is 0.453 e. The van der Waals surface area contributed by atoms with Crippen molar-refractivity contribution < 1.29 is 13.2 Å². The summed E-state index contributed by atoms with van der Waals surface area (Å²) in [5, 5.41) is 10.8. The number of anilines is 1. The molecule has 1 aliphatic rings. The summed E-state index contributed by atoms with van der Waals surface area (Å²) in [6, 6.07) is 7.15. The molecule has 0 radical (unpaired) electrons. The van der Waals surface area contributed by atoms with Crippen LogP contribution in [-0.4, -0.2) is 55.9 Å². The first-order valence-corrected chi connectivity index (χ1v) is 8.16. The van der Waals surface area contributed by atoms with Crippen molar-refractivity contribution in [2.75, 3.05) is 31.1 Å². The molecular formula is C16H16F3N7. The fourth-order valence-corrected chi connectivity index (χ4v) is 3.01. The van der Waals surface area contributed by atoms with Crippen LogP contribution >= 0.6 is 0 Å². The van der Waals surface area contributed by atoms with E-state index in [4.69, 9.17) is 0 Å². The minimum Gasteiger partial charge on any atom is -0.353 e. The van der Waals surface area contributed by atoms with E-state index in [1.807, 2.05) is 17.0 Å². The van der Waals surface area contributed by atoms with Crippen molar-refractivity contribution in [2.24, 2.45) is 0 Å². The van der Waals surface area contributed by atoms with Crippen LogP contribution in [0.1, 0.15) is 11.4 Å². The molecule has 136 valence electrons. The fourth-order valence-electron chi connectivity index (χ4n) is 3.01. The third-order valence-corrected chi connectivity index (χ3v) is 4.35. The molecule has 7 nitrogen and oxygen atoms in total. The minimum absolute atomic E-state index is 0.0809. The van der Waals surface area contributed by atoms with Crippen molar-refractivity contribution in [3.05, 3.63) is 48.0 Å². The minimum atomic E-state index is -4.59. The normalized spacial score (nSPS) is 16.3. The number of hydrogen-bond donors (Lipinski definition) is 0. The maximum Gasteiger partial charge on any atom is 0.453 e. The Morgan fingerprint density at radius 2 is 1.65 bits per heavy atom. The first-order valence-electron chi connectivity index (χ1n) is 8.16. The van der Waals surface area contributed by atoms with E-state index < -0.39 is 12.0 Å². The Morgan fingerprint density at radius 1 is 0.923 bits per heavy atom. The summed E-state index contributed by atoms with van der Waals surface area (Å²) in [5.74, 6) is -0.614. The molecule has 1 aliphatic heterocycles. The lowest BCUT2D eigenvalue weighted by Gasteiger charge is -2.35. The van der Waals surface area contributed by atoms with Gasteiger partial charge in [0.25, 0.3) is 5.82 Å². The Morgan fingerprint density at radius 3 is 2.35 bits per heavy atom. The summed E-state index contributed by atoms with van der Waals surface area (Å²) < 4.78 is 39.7. The molecule has 0 spiro atoms. The molecule has 1 saturated heterocycles. The zero-order valence-corrected chi connectivity index (χ0v) is 13.8. The average molecular weight is 363 g/mol. The van der Waals surface area contributed by atoms with Crippen molar-refractivity contribution in [1.82, 2.24) is 29.7 Å². The third kappa shape index (κ3) is 3.32. The summed E-state index contributed by atoms with van der Waals surface area (Å²) >= 11 is 0. The van der Waals surface area contributed by atoms with Gasteiger partial charge in [0.1, 0.15) is 5.82 Å². The van der Waals surface area contributed by atoms with Gasteiger partial charge in [0.2, 0.25) is 0 Å². The highest BCUT2D eigenvalue weighted by atomic mass is 19.4. The number of piperazine rings is 1. The monoisotopic (exact) mass is 363 g/mol. The summed E-state index contributed by atoms with van der Waals surface area (Å²) in [6.07, 6.45) is -1.06. The van der Waals surface area contributed by atoms with Gasteiger partial charge in [-0.1, -0.05) is 0 Å². The molecule has 4 heterocycles. The van der Waals surface area contributed by atoms with Crippen LogP contribution in [0.5, 0.6) is 0 Å². The van der Waals surface area contributed by atoms with E-state index in [1.54, 1.807) is 18.5 Å². The van der Waals surface area contributed by atoms with Crippen LogP contribution < -0.4 is 4.90 Å². The lowest BCUT2D eigenvalue weighted by atomic mass is 10.2. The molecule has 3 aromatic heterocycles. The number of aromatic nitrogens is 5. The van der Waals surface area contributed by atoms with Gasteiger partial charge in [-0.2, -0.15) is 17.7 Å². The van der Waals surface area contributed by atoms with Crippen molar-refractivity contribution in [3.8, 4) is 0 Å². The van der Waals surface area contributed by atoms with E-state index in [0.717, 1.165) is 24.1 Å². The average Bonchev–Trinajstić information content (AvgIpc) is 3.07. The molecule has 0 saturated carbocycles. The van der Waals surface area contributed by atoms with Gasteiger partial charge in [-0.25, -0.2) is 0 Å². The Bertz CT molecular complexity index is 886. The highest BCUT2D eigenvalue weighted by molar-refractivity contribution is 5.46. The topological polar surface area (TPSA) is 62.5 Å². The van der Waals surface area contributed by atoms with Crippen LogP contribution in [0.4, 0.5) is 19.0 Å². The van der Waals surface area contributed by atoms with E-state index >= 15 is 0 Å². The van der Waals surface area contributed by atoms with Crippen molar-refractivity contribution in [1.29, 1.82) is 0 Å². The number of fused-ring (bicyclic) bond motifs is 1. The smallest absolute Gasteiger partial charge is 0.353 e. The van der Waals surface area contributed by atoms with E-state index in [2.05, 4.69) is 25.2 Å². The maximum atomic E-state index is 13.0. The Balaban J connectivity index is 1.47. The van der Waals surface area contributed by atoms with Crippen LogP contribution in [0.25, 0.3) is 5.65 Å². The predicted molar refractivity (Wildman–Crippen MR) is 87.5 cm³/mol. The molecule has 0 atom stereocenters. The third-order valence-electron chi connectivity index (χ3n) is 4.35. The molecule has 26 heavy (non-hydrogen) atoms. The molecule has 0 amide bonds. The molecule has 0 bridgehead atoms. The number of rotatable bonds is 3. The zero-order chi connectivity index (χ0) is 18.1. The summed E-state index contributed by atoms with van der Waals surface area (Å²) in [7, 11) is 0. The van der Waals surface area contributed by atoms with Crippen LogP contribution in [0.15, 0.2) is 36.7 Å². The van der Waals surface area contributed by atoms with Gasteiger partial charge in [0.15, 0.2) is 5.65 Å². The maximum absolute atomic E-state index is 13.0. The molecule has 0 N–H and O–H groups in total. The molecule has 0 aliphatic carbocycles. The number of nitrogens with zero attached hydrogens (tertiary/aromatic N) is 7. The number of hydrogen-bond acceptors (Lipinski definition) is 6. The van der Waals surface area contributed by atoms with Gasteiger partial charge in [-0.15, -0.1) is 15.3 Å². The van der Waals surface area contributed by atoms with Gasteiger partial charge in [0, 0.05) is 45.1 Å². The van der Waals surface area contributed by atoms with E-state index in [-0.39, 0.29) is 5.65 Å². The van der Waals surface area contributed by atoms with Crippen molar-refractivity contribution >= 4 is 11.5 Å². The fraction of sp³-hybridized carbons (Fsp3) is 0.375. The summed E-state index contributed by atoms with van der Waals surface area (Å²) in [6.45, 7) is 3.80. The lowest BCUT2D eigenvalue weighted by Crippen LogP contribution is -2.46. The predicted octanol–water partition coefficient (Wildman–Crippen LogP) is 1.86. The molecule has 0 aromatic carbocycles. The highest BCUT2D eigenvalue weighted by Crippen LogP contribution is 2.28. The Hall–Kier alpha value is -2.75. The van der Waals surface area contributed by atoms with Crippen LogP contribution in [-0.2, 0) is 12.7 Å². The van der Waals surface area contributed by atoms with Crippen LogP contribution in [0, 0.1) is 0 Å². The second-order valence-corrected chi connectivity index (χ2v) is 6.10. The molecular weight excluding hydrogens is 347 g/mol. The molecule has 10 heteroatoms. The highest BCUT2D eigenvalue weighted by Gasteiger charge is 2.37. The van der Waals surface area contributed by atoms with Gasteiger partial charge >= 0.3 is 6.18 Å². The van der Waals surface area contributed by atoms with Crippen molar-refractivity contribution in [3.63, 3.8) is 0 Å². The summed E-state index contributed by atoms with van der Waals surface area (Å²) in [5.41, 5.74) is 1.27. The second kappa shape index (κ2) is 6.52.